The summed E-state index contributed by atoms with van der Waals surface area (Å²) in [5.74, 6) is 0.0375. The Labute approximate surface area is 154 Å². The molecule has 3 aromatic rings. The Bertz CT molecular complexity index is 987. The fourth-order valence-electron chi connectivity index (χ4n) is 2.62. The van der Waals surface area contributed by atoms with Crippen molar-refractivity contribution in [2.75, 3.05) is 19.8 Å². The Balaban J connectivity index is 1.50. The molecule has 0 saturated carbocycles. The summed E-state index contributed by atoms with van der Waals surface area (Å²) in [5, 5.41) is 4.34. The summed E-state index contributed by atoms with van der Waals surface area (Å²) in [6.45, 7) is 2.11. The van der Waals surface area contributed by atoms with E-state index in [2.05, 4.69) is 15.1 Å². The summed E-state index contributed by atoms with van der Waals surface area (Å²) >= 11 is 0. The van der Waals surface area contributed by atoms with Gasteiger partial charge in [0.2, 0.25) is 0 Å². The second kappa shape index (κ2) is 7.63. The van der Waals surface area contributed by atoms with Gasteiger partial charge in [-0.2, -0.15) is 5.10 Å². The number of hydrogen-bond acceptors (Lipinski definition) is 6. The Kier molecular flexibility index (Phi) is 4.88. The average molecular weight is 368 g/mol. The quantitative estimate of drug-likeness (QED) is 0.661. The van der Waals surface area contributed by atoms with Crippen LogP contribution >= 0.6 is 0 Å². The first-order valence-corrected chi connectivity index (χ1v) is 8.53. The molecule has 27 heavy (non-hydrogen) atoms. The highest BCUT2D eigenvalue weighted by atomic mass is 19.1. The van der Waals surface area contributed by atoms with Crippen LogP contribution in [0.3, 0.4) is 0 Å². The lowest BCUT2D eigenvalue weighted by atomic mass is 10.1. The van der Waals surface area contributed by atoms with Crippen molar-refractivity contribution in [2.45, 2.75) is 6.54 Å². The molecule has 0 N–H and O–H groups in total. The second-order valence-electron chi connectivity index (χ2n) is 6.31. The van der Waals surface area contributed by atoms with E-state index in [4.69, 9.17) is 9.47 Å². The van der Waals surface area contributed by atoms with Crippen LogP contribution in [0.1, 0.15) is 5.56 Å². The van der Waals surface area contributed by atoms with Gasteiger partial charge in [0.1, 0.15) is 5.82 Å². The van der Waals surface area contributed by atoms with Crippen LogP contribution in [0.25, 0.3) is 11.3 Å². The molecule has 1 fully saturated rings. The topological polar surface area (TPSA) is 79.1 Å². The largest absolute Gasteiger partial charge is 0.463 e. The Morgan fingerprint density at radius 3 is 2.70 bits per heavy atom. The van der Waals surface area contributed by atoms with Crippen LogP contribution in [-0.4, -0.2) is 39.6 Å². The number of halogens is 1. The number of benzene rings is 1. The van der Waals surface area contributed by atoms with Gasteiger partial charge in [-0.1, -0.05) is 12.1 Å². The predicted molar refractivity (Wildman–Crippen MR) is 94.8 cm³/mol. The zero-order chi connectivity index (χ0) is 18.6. The van der Waals surface area contributed by atoms with Gasteiger partial charge >= 0.3 is 6.01 Å². The molecule has 138 valence electrons. The molecule has 0 atom stereocenters. The average Bonchev–Trinajstić information content (AvgIpc) is 2.63. The third kappa shape index (κ3) is 4.17. The Hall–Kier alpha value is -3.13. The molecule has 2 aromatic heterocycles. The van der Waals surface area contributed by atoms with E-state index in [1.165, 1.54) is 22.9 Å². The molecule has 1 saturated heterocycles. The van der Waals surface area contributed by atoms with E-state index in [9.17, 15) is 9.18 Å². The van der Waals surface area contributed by atoms with Gasteiger partial charge in [-0.05, 0) is 23.8 Å². The van der Waals surface area contributed by atoms with Crippen molar-refractivity contribution in [1.29, 1.82) is 0 Å². The predicted octanol–water partition coefficient (Wildman–Crippen LogP) is 1.91. The molecule has 3 heterocycles. The highest BCUT2D eigenvalue weighted by molar-refractivity contribution is 5.55. The van der Waals surface area contributed by atoms with Gasteiger partial charge < -0.3 is 9.47 Å². The van der Waals surface area contributed by atoms with E-state index >= 15 is 0 Å². The molecule has 0 aliphatic carbocycles. The summed E-state index contributed by atoms with van der Waals surface area (Å²) in [6, 6.07) is 9.39. The van der Waals surface area contributed by atoms with Crippen molar-refractivity contribution in [2.24, 2.45) is 5.92 Å². The molecule has 1 aromatic carbocycles. The fraction of sp³-hybridized carbons (Fsp3) is 0.263. The van der Waals surface area contributed by atoms with Crippen LogP contribution in [-0.2, 0) is 11.3 Å². The van der Waals surface area contributed by atoms with E-state index < -0.39 is 0 Å². The van der Waals surface area contributed by atoms with Crippen LogP contribution in [0.4, 0.5) is 4.39 Å². The summed E-state index contributed by atoms with van der Waals surface area (Å²) in [7, 11) is 0. The van der Waals surface area contributed by atoms with Crippen LogP contribution < -0.4 is 10.3 Å². The van der Waals surface area contributed by atoms with Crippen molar-refractivity contribution in [3.63, 3.8) is 0 Å². The highest BCUT2D eigenvalue weighted by Crippen LogP contribution is 2.16. The lowest BCUT2D eigenvalue weighted by Crippen LogP contribution is -2.32. The number of nitrogens with zero attached hydrogens (tertiary/aromatic N) is 4. The molecular formula is C19H17FN4O3. The molecule has 7 nitrogen and oxygen atoms in total. The minimum atomic E-state index is -0.353. The summed E-state index contributed by atoms with van der Waals surface area (Å²) in [4.78, 5) is 20.4. The van der Waals surface area contributed by atoms with Crippen LogP contribution in [0.2, 0.25) is 0 Å². The lowest BCUT2D eigenvalue weighted by Gasteiger charge is -2.25. The van der Waals surface area contributed by atoms with Gasteiger partial charge in [0.25, 0.3) is 5.56 Å². The summed E-state index contributed by atoms with van der Waals surface area (Å²) in [6.07, 6.45) is 3.19. The third-order valence-electron chi connectivity index (χ3n) is 4.17. The zero-order valence-electron chi connectivity index (χ0n) is 14.4. The first-order chi connectivity index (χ1) is 13.2. The first-order valence-electron chi connectivity index (χ1n) is 8.53. The second-order valence-corrected chi connectivity index (χ2v) is 6.31. The normalized spacial score (nSPS) is 14.0. The maximum atomic E-state index is 13.3. The van der Waals surface area contributed by atoms with Crippen LogP contribution in [0.5, 0.6) is 6.01 Å². The SMILES string of the molecule is O=c1ccc(-c2cnc(OCC3COC3)nc2)nn1Cc1cccc(F)c1. The smallest absolute Gasteiger partial charge is 0.316 e. The molecule has 4 rings (SSSR count). The van der Waals surface area contributed by atoms with Crippen molar-refractivity contribution < 1.29 is 13.9 Å². The summed E-state index contributed by atoms with van der Waals surface area (Å²) in [5.41, 5.74) is 1.58. The van der Waals surface area contributed by atoms with Crippen LogP contribution in [0.15, 0.2) is 53.6 Å². The molecule has 0 unspecified atom stereocenters. The molecule has 0 spiro atoms. The minimum absolute atomic E-state index is 0.177. The van der Waals surface area contributed by atoms with Crippen molar-refractivity contribution >= 4 is 0 Å². The van der Waals surface area contributed by atoms with Gasteiger partial charge in [0.05, 0.1) is 32.1 Å². The van der Waals surface area contributed by atoms with Gasteiger partial charge in [-0.15, -0.1) is 0 Å². The molecule has 1 aliphatic rings. The van der Waals surface area contributed by atoms with E-state index in [1.54, 1.807) is 30.6 Å². The monoisotopic (exact) mass is 368 g/mol. The summed E-state index contributed by atoms with van der Waals surface area (Å²) < 4.78 is 25.2. The van der Waals surface area contributed by atoms with E-state index in [1.807, 2.05) is 0 Å². The van der Waals surface area contributed by atoms with Gasteiger partial charge in [-0.3, -0.25) is 4.79 Å². The highest BCUT2D eigenvalue weighted by Gasteiger charge is 2.19. The number of rotatable bonds is 6. The number of hydrogen-bond donors (Lipinski definition) is 0. The van der Waals surface area contributed by atoms with E-state index in [0.29, 0.717) is 48.6 Å². The zero-order valence-corrected chi connectivity index (χ0v) is 14.4. The molecular weight excluding hydrogens is 351 g/mol. The Morgan fingerprint density at radius 2 is 2.00 bits per heavy atom. The third-order valence-corrected chi connectivity index (χ3v) is 4.17. The Morgan fingerprint density at radius 1 is 1.19 bits per heavy atom. The molecule has 1 aliphatic heterocycles. The molecule has 0 radical (unpaired) electrons. The number of aromatic nitrogens is 4. The maximum Gasteiger partial charge on any atom is 0.316 e. The minimum Gasteiger partial charge on any atom is -0.463 e. The molecule has 8 heteroatoms. The standard InChI is InChI=1S/C19H17FN4O3/c20-16-3-1-2-13(6-16)9-24-18(25)5-4-17(23-24)15-7-21-19(22-8-15)27-12-14-10-26-11-14/h1-8,14H,9-12H2. The van der Waals surface area contributed by atoms with Gasteiger partial charge in [-0.25, -0.2) is 19.0 Å². The van der Waals surface area contributed by atoms with E-state index in [0.717, 1.165) is 0 Å². The van der Waals surface area contributed by atoms with Crippen molar-refractivity contribution in [3.8, 4) is 17.3 Å². The van der Waals surface area contributed by atoms with Crippen LogP contribution in [0, 0.1) is 11.7 Å². The fourth-order valence-corrected chi connectivity index (χ4v) is 2.62. The maximum absolute atomic E-state index is 13.3. The molecule has 0 bridgehead atoms. The van der Waals surface area contributed by atoms with Gasteiger partial charge in [0, 0.05) is 29.9 Å². The lowest BCUT2D eigenvalue weighted by molar-refractivity contribution is -0.0520. The number of ether oxygens (including phenoxy) is 2. The first kappa shape index (κ1) is 17.3. The van der Waals surface area contributed by atoms with Crippen molar-refractivity contribution in [3.05, 3.63) is 70.5 Å². The molecule has 0 amide bonds. The van der Waals surface area contributed by atoms with E-state index in [-0.39, 0.29) is 17.9 Å². The van der Waals surface area contributed by atoms with Gasteiger partial charge in [0.15, 0.2) is 0 Å². The van der Waals surface area contributed by atoms with Crippen molar-refractivity contribution in [1.82, 2.24) is 19.7 Å².